The highest BCUT2D eigenvalue weighted by molar-refractivity contribution is 7.19. The van der Waals surface area contributed by atoms with Crippen LogP contribution < -0.4 is 11.1 Å². The number of methoxy groups -OCH3 is 1. The lowest BCUT2D eigenvalue weighted by Crippen LogP contribution is -2.11. The van der Waals surface area contributed by atoms with E-state index in [4.69, 9.17) is 15.2 Å². The summed E-state index contributed by atoms with van der Waals surface area (Å²) in [4.78, 5) is 23.8. The van der Waals surface area contributed by atoms with Gasteiger partial charge < -0.3 is 20.5 Å². The van der Waals surface area contributed by atoms with Gasteiger partial charge in [0.1, 0.15) is 10.6 Å². The number of hydrogen-bond acceptors (Lipinski definition) is 7. The molecule has 1 aromatic heterocycles. The Morgan fingerprint density at radius 1 is 1.40 bits per heavy atom. The van der Waals surface area contributed by atoms with Crippen LogP contribution in [0, 0.1) is 0 Å². The largest absolute Gasteiger partial charge is 0.462 e. The van der Waals surface area contributed by atoms with Gasteiger partial charge in [-0.1, -0.05) is 0 Å². The number of esters is 1. The zero-order valence-corrected chi connectivity index (χ0v) is 12.8. The second-order valence-corrected chi connectivity index (χ2v) is 5.12. The molecule has 0 saturated heterocycles. The van der Waals surface area contributed by atoms with Crippen LogP contribution in [0.5, 0.6) is 0 Å². The van der Waals surface area contributed by atoms with E-state index in [1.54, 1.807) is 14.0 Å². The van der Waals surface area contributed by atoms with Crippen LogP contribution >= 0.6 is 11.3 Å². The predicted molar refractivity (Wildman–Crippen MR) is 79.7 cm³/mol. The van der Waals surface area contributed by atoms with Gasteiger partial charge in [-0.2, -0.15) is 0 Å². The van der Waals surface area contributed by atoms with E-state index in [1.807, 2.05) is 0 Å². The number of carbonyl (C=O) groups excluding carboxylic acids is 2. The fourth-order valence-corrected chi connectivity index (χ4v) is 2.68. The first-order valence-electron chi connectivity index (χ1n) is 6.36. The molecule has 6 nitrogen and oxygen atoms in total. The van der Waals surface area contributed by atoms with Crippen LogP contribution in [0.2, 0.25) is 0 Å². The van der Waals surface area contributed by atoms with E-state index in [0.717, 1.165) is 6.42 Å². The minimum absolute atomic E-state index is 0.164. The van der Waals surface area contributed by atoms with E-state index in [1.165, 1.54) is 18.3 Å². The van der Waals surface area contributed by atoms with Crippen molar-refractivity contribution in [2.24, 2.45) is 0 Å². The Labute approximate surface area is 122 Å². The fraction of sp³-hybridized carbons (Fsp3) is 0.538. The third-order valence-corrected chi connectivity index (χ3v) is 3.82. The average Bonchev–Trinajstić information content (AvgIpc) is 2.72. The van der Waals surface area contributed by atoms with Crippen molar-refractivity contribution in [1.29, 1.82) is 0 Å². The quantitative estimate of drug-likeness (QED) is 0.434. The first-order valence-corrected chi connectivity index (χ1v) is 7.17. The molecule has 0 radical (unpaired) electrons. The summed E-state index contributed by atoms with van der Waals surface area (Å²) in [5.41, 5.74) is 6.33. The first kappa shape index (κ1) is 16.5. The van der Waals surface area contributed by atoms with Gasteiger partial charge in [0.2, 0.25) is 0 Å². The normalized spacial score (nSPS) is 10.3. The molecule has 0 spiro atoms. The maximum atomic E-state index is 11.9. The Morgan fingerprint density at radius 3 is 2.65 bits per heavy atom. The number of hydrogen-bond donors (Lipinski definition) is 2. The Morgan fingerprint density at radius 2 is 2.10 bits per heavy atom. The summed E-state index contributed by atoms with van der Waals surface area (Å²) in [5.74, 6) is -0.675. The summed E-state index contributed by atoms with van der Waals surface area (Å²) in [7, 11) is 1.63. The Bertz CT molecular complexity index is 485. The molecular weight excluding hydrogens is 280 g/mol. The maximum Gasteiger partial charge on any atom is 0.343 e. The first-order chi connectivity index (χ1) is 9.52. The summed E-state index contributed by atoms with van der Waals surface area (Å²) in [5, 5.41) is 3.68. The van der Waals surface area contributed by atoms with E-state index in [-0.39, 0.29) is 23.6 Å². The smallest absolute Gasteiger partial charge is 0.343 e. The van der Waals surface area contributed by atoms with E-state index in [9.17, 15) is 9.59 Å². The topological polar surface area (TPSA) is 90.6 Å². The van der Waals surface area contributed by atoms with Gasteiger partial charge in [0.15, 0.2) is 5.78 Å². The molecule has 0 bridgehead atoms. The van der Waals surface area contributed by atoms with Crippen LogP contribution in [0.25, 0.3) is 0 Å². The average molecular weight is 300 g/mol. The predicted octanol–water partition coefficient (Wildman–Crippen LogP) is 2.16. The molecule has 0 aliphatic rings. The molecule has 0 amide bonds. The molecule has 3 N–H and O–H groups in total. The molecule has 0 aromatic carbocycles. The lowest BCUT2D eigenvalue weighted by molar-refractivity contribution is 0.0529. The van der Waals surface area contributed by atoms with Crippen molar-refractivity contribution < 1.29 is 19.1 Å². The van der Waals surface area contributed by atoms with Crippen molar-refractivity contribution in [1.82, 2.24) is 0 Å². The highest BCUT2D eigenvalue weighted by atomic mass is 32.1. The Balaban J connectivity index is 2.98. The highest BCUT2D eigenvalue weighted by Gasteiger charge is 2.24. The van der Waals surface area contributed by atoms with Gasteiger partial charge in [0.05, 0.1) is 17.2 Å². The molecule has 0 unspecified atom stereocenters. The number of nitrogens with two attached hydrogens (primary N) is 1. The molecule has 1 heterocycles. The van der Waals surface area contributed by atoms with Crippen LogP contribution in [0.3, 0.4) is 0 Å². The number of nitrogen functional groups attached to an aromatic ring is 1. The van der Waals surface area contributed by atoms with E-state index < -0.39 is 5.97 Å². The summed E-state index contributed by atoms with van der Waals surface area (Å²) >= 11 is 1.18. The lowest BCUT2D eigenvalue weighted by Gasteiger charge is -2.07. The van der Waals surface area contributed by atoms with Crippen molar-refractivity contribution in [3.8, 4) is 0 Å². The summed E-state index contributed by atoms with van der Waals surface area (Å²) < 4.78 is 9.94. The van der Waals surface area contributed by atoms with Gasteiger partial charge in [0.25, 0.3) is 0 Å². The van der Waals surface area contributed by atoms with Crippen LogP contribution in [-0.4, -0.2) is 38.6 Å². The van der Waals surface area contributed by atoms with Gasteiger partial charge in [0, 0.05) is 27.2 Å². The molecule has 0 aliphatic heterocycles. The van der Waals surface area contributed by atoms with Crippen molar-refractivity contribution in [2.45, 2.75) is 20.3 Å². The standard InChI is InChI=1S/C13H20N2O4S/c1-4-19-13(17)9-10(14)11(8(2)16)20-12(9)15-6-5-7-18-3/h15H,4-7,14H2,1-3H3. The summed E-state index contributed by atoms with van der Waals surface area (Å²) in [6.45, 7) is 4.64. The third-order valence-electron chi connectivity index (χ3n) is 2.56. The molecule has 0 saturated carbocycles. The summed E-state index contributed by atoms with van der Waals surface area (Å²) in [6.07, 6.45) is 0.784. The lowest BCUT2D eigenvalue weighted by atomic mass is 10.2. The molecule has 1 aromatic rings. The van der Waals surface area contributed by atoms with E-state index >= 15 is 0 Å². The molecule has 1 rings (SSSR count). The number of carbonyl (C=O) groups is 2. The fourth-order valence-electron chi connectivity index (χ4n) is 1.65. The van der Waals surface area contributed by atoms with Crippen LogP contribution in [0.4, 0.5) is 10.7 Å². The Hall–Kier alpha value is -1.60. The molecule has 0 atom stereocenters. The zero-order valence-electron chi connectivity index (χ0n) is 11.9. The minimum Gasteiger partial charge on any atom is -0.462 e. The van der Waals surface area contributed by atoms with E-state index in [2.05, 4.69) is 5.32 Å². The Kier molecular flexibility index (Phi) is 6.47. The number of anilines is 2. The number of thiophene rings is 1. The molecule has 20 heavy (non-hydrogen) atoms. The minimum atomic E-state index is -0.511. The second-order valence-electron chi connectivity index (χ2n) is 4.10. The highest BCUT2D eigenvalue weighted by Crippen LogP contribution is 2.36. The number of nitrogens with one attached hydrogen (secondary N) is 1. The SMILES string of the molecule is CCOC(=O)c1c(NCCCOC)sc(C(C)=O)c1N. The van der Waals surface area contributed by atoms with Crippen LogP contribution in [0.1, 0.15) is 40.3 Å². The van der Waals surface area contributed by atoms with Gasteiger partial charge in [-0.3, -0.25) is 4.79 Å². The van der Waals surface area contributed by atoms with E-state index in [0.29, 0.717) is 23.0 Å². The monoisotopic (exact) mass is 300 g/mol. The molecule has 0 aliphatic carbocycles. The van der Waals surface area contributed by atoms with Crippen molar-refractivity contribution in [2.75, 3.05) is 37.9 Å². The number of ether oxygens (including phenoxy) is 2. The van der Waals surface area contributed by atoms with Gasteiger partial charge in [-0.15, -0.1) is 11.3 Å². The molecule has 0 fully saturated rings. The zero-order chi connectivity index (χ0) is 15.1. The number of Topliss-reactive ketones (excluding diaryl/α,β-unsaturated/α-hetero) is 1. The number of ketones is 1. The van der Waals surface area contributed by atoms with Gasteiger partial charge in [-0.25, -0.2) is 4.79 Å². The van der Waals surface area contributed by atoms with Crippen LogP contribution in [-0.2, 0) is 9.47 Å². The maximum absolute atomic E-state index is 11.9. The summed E-state index contributed by atoms with van der Waals surface area (Å²) in [6, 6.07) is 0. The van der Waals surface area contributed by atoms with Gasteiger partial charge in [-0.05, 0) is 13.3 Å². The molecule has 112 valence electrons. The number of rotatable bonds is 8. The van der Waals surface area contributed by atoms with Crippen molar-refractivity contribution in [3.05, 3.63) is 10.4 Å². The molecule has 7 heteroatoms. The third kappa shape index (κ3) is 3.94. The van der Waals surface area contributed by atoms with Crippen molar-refractivity contribution in [3.63, 3.8) is 0 Å². The molecular formula is C13H20N2O4S. The second kappa shape index (κ2) is 7.86. The van der Waals surface area contributed by atoms with Crippen LogP contribution in [0.15, 0.2) is 0 Å². The van der Waals surface area contributed by atoms with Gasteiger partial charge >= 0.3 is 5.97 Å². The van der Waals surface area contributed by atoms with Crippen molar-refractivity contribution >= 4 is 33.8 Å².